The van der Waals surface area contributed by atoms with Gasteiger partial charge in [-0.25, -0.2) is 14.4 Å². The molecule has 2 radical (unpaired) electrons. The van der Waals surface area contributed by atoms with Crippen molar-refractivity contribution < 1.29 is 60.3 Å². The second-order valence-electron chi connectivity index (χ2n) is 5.88. The zero-order valence-corrected chi connectivity index (χ0v) is 20.3. The van der Waals surface area contributed by atoms with Crippen LogP contribution >= 0.6 is 0 Å². The van der Waals surface area contributed by atoms with Gasteiger partial charge in [0, 0.05) is 0 Å². The molecule has 0 aliphatic rings. The maximum absolute atomic E-state index is 10.8. The third-order valence-electron chi connectivity index (χ3n) is 3.67. The minimum Gasteiger partial charge on any atom is -0.869 e. The summed E-state index contributed by atoms with van der Waals surface area (Å²) in [6.07, 6.45) is 0. The maximum atomic E-state index is 10.8. The number of aromatic carboxylic acids is 3. The van der Waals surface area contributed by atoms with E-state index in [2.05, 4.69) is 0 Å². The maximum Gasteiger partial charge on any atom is 3.00 e. The van der Waals surface area contributed by atoms with Crippen LogP contribution in [0.5, 0.6) is 34.5 Å². The molecule has 12 nitrogen and oxygen atoms in total. The van der Waals surface area contributed by atoms with Gasteiger partial charge in [0.05, 0.1) is 16.7 Å². The number of aromatic hydroxyl groups is 3. The molecule has 0 aliphatic heterocycles. The van der Waals surface area contributed by atoms with E-state index in [1.807, 2.05) is 0 Å². The van der Waals surface area contributed by atoms with Crippen molar-refractivity contribution in [1.82, 2.24) is 0 Å². The minimum absolute atomic E-state index is 0. The summed E-state index contributed by atoms with van der Waals surface area (Å²) in [6, 6.07) is 10.8. The van der Waals surface area contributed by atoms with Gasteiger partial charge in [0.15, 0.2) is 0 Å². The summed E-state index contributed by atoms with van der Waals surface area (Å²) < 4.78 is 0. The van der Waals surface area contributed by atoms with Crippen LogP contribution in [0.4, 0.5) is 0 Å². The van der Waals surface area contributed by atoms with E-state index in [9.17, 15) is 29.7 Å². The molecule has 0 saturated heterocycles. The van der Waals surface area contributed by atoms with Crippen LogP contribution in [0.3, 0.4) is 0 Å². The average molecular weight is 668 g/mol. The van der Waals surface area contributed by atoms with E-state index in [0.29, 0.717) is 0 Å². The molecule has 3 rings (SSSR count). The number of hydrogen-bond donors (Lipinski definition) is 6. The van der Waals surface area contributed by atoms with Crippen LogP contribution in [0.2, 0.25) is 0 Å². The number of benzene rings is 3. The third-order valence-corrected chi connectivity index (χ3v) is 3.67. The SMILES string of the molecule is O=C(O)c1cccc(O)c1[O-].O=C(O)c1cccc(O)c1[O-].O=C(O)c1cccc(O)c1[O-].[Bi+3]. The van der Waals surface area contributed by atoms with E-state index >= 15 is 0 Å². The van der Waals surface area contributed by atoms with E-state index in [-0.39, 0.29) is 26.2 Å². The Labute approximate surface area is 210 Å². The van der Waals surface area contributed by atoms with Crippen LogP contribution in [-0.4, -0.2) is 74.8 Å². The zero-order chi connectivity index (χ0) is 25.3. The molecule has 3 aromatic carbocycles. The van der Waals surface area contributed by atoms with E-state index in [1.54, 1.807) is 0 Å². The summed E-state index contributed by atoms with van der Waals surface area (Å²) in [6.45, 7) is 0. The number of carbonyl (C=O) groups is 3. The van der Waals surface area contributed by atoms with Gasteiger partial charge < -0.3 is 46.0 Å². The molecule has 0 heterocycles. The summed E-state index contributed by atoms with van der Waals surface area (Å²) in [7, 11) is 0. The van der Waals surface area contributed by atoms with Gasteiger partial charge in [-0.15, -0.1) is 0 Å². The van der Waals surface area contributed by atoms with Crippen molar-refractivity contribution in [2.45, 2.75) is 0 Å². The first kappa shape index (κ1) is 29.8. The van der Waals surface area contributed by atoms with Gasteiger partial charge in [-0.05, 0) is 36.4 Å². The Balaban J connectivity index is 0.000000473. The monoisotopic (exact) mass is 668 g/mol. The summed E-state index contributed by atoms with van der Waals surface area (Å²) in [4.78, 5) is 30.8. The summed E-state index contributed by atoms with van der Waals surface area (Å²) in [5.74, 6) is -8.14. The minimum atomic E-state index is -1.33. The molecule has 0 aromatic heterocycles. The first-order valence-corrected chi connectivity index (χ1v) is 8.55. The van der Waals surface area contributed by atoms with Crippen LogP contribution in [0.25, 0.3) is 0 Å². The van der Waals surface area contributed by atoms with Crippen LogP contribution in [-0.2, 0) is 0 Å². The van der Waals surface area contributed by atoms with Gasteiger partial charge in [-0.1, -0.05) is 35.4 Å². The van der Waals surface area contributed by atoms with E-state index < -0.39 is 69.1 Å². The molecule has 3 aromatic rings. The number of phenols is 3. The summed E-state index contributed by atoms with van der Waals surface area (Å²) in [5.41, 5.74) is -1.24. The fourth-order valence-electron chi connectivity index (χ4n) is 2.08. The van der Waals surface area contributed by atoms with Gasteiger partial charge in [0.1, 0.15) is 17.2 Å². The predicted octanol–water partition coefficient (Wildman–Crippen LogP) is 0.111. The Morgan fingerprint density at radius 2 is 0.706 bits per heavy atom. The molecule has 0 unspecified atom stereocenters. The van der Waals surface area contributed by atoms with Crippen molar-refractivity contribution in [2.75, 3.05) is 0 Å². The van der Waals surface area contributed by atoms with E-state index in [0.717, 1.165) is 36.4 Å². The molecule has 34 heavy (non-hydrogen) atoms. The number of carboxylic acid groups (broad SMARTS) is 3. The number of phenolic OH excluding ortho intramolecular Hbond substituents is 3. The van der Waals surface area contributed by atoms with Gasteiger partial charge >= 0.3 is 44.1 Å². The van der Waals surface area contributed by atoms with Crippen LogP contribution in [0, 0.1) is 0 Å². The normalized spacial score (nSPS) is 9.18. The molecule has 176 valence electrons. The number of carboxylic acids is 3. The Hall–Kier alpha value is -4.25. The van der Waals surface area contributed by atoms with Gasteiger partial charge in [-0.2, -0.15) is 0 Å². The molecule has 0 fully saturated rings. The number of para-hydroxylation sites is 3. The molecule has 6 N–H and O–H groups in total. The molecular formula is C21H15BiO12. The largest absolute Gasteiger partial charge is 3.00 e. The fraction of sp³-hybridized carbons (Fsp3) is 0. The van der Waals surface area contributed by atoms with Crippen molar-refractivity contribution in [3.63, 3.8) is 0 Å². The molecule has 0 aliphatic carbocycles. The van der Waals surface area contributed by atoms with Gasteiger partial charge in [-0.3, -0.25) is 0 Å². The smallest absolute Gasteiger partial charge is 0.869 e. The molecule has 0 bridgehead atoms. The van der Waals surface area contributed by atoms with Crippen LogP contribution in [0.15, 0.2) is 54.6 Å². The van der Waals surface area contributed by atoms with Crippen molar-refractivity contribution in [2.24, 2.45) is 0 Å². The topological polar surface area (TPSA) is 242 Å². The summed E-state index contributed by atoms with van der Waals surface area (Å²) >= 11 is 0. The molecule has 0 saturated carbocycles. The van der Waals surface area contributed by atoms with Crippen LogP contribution < -0.4 is 15.3 Å². The van der Waals surface area contributed by atoms with Crippen molar-refractivity contribution >= 4 is 44.1 Å². The summed E-state index contributed by atoms with van der Waals surface area (Å²) in [5, 5.41) is 83.8. The Kier molecular flexibility index (Phi) is 11.7. The Morgan fingerprint density at radius 1 is 0.500 bits per heavy atom. The van der Waals surface area contributed by atoms with Gasteiger partial charge in [0.25, 0.3) is 0 Å². The van der Waals surface area contributed by atoms with Crippen molar-refractivity contribution in [3.05, 3.63) is 71.3 Å². The van der Waals surface area contributed by atoms with Crippen molar-refractivity contribution in [3.8, 4) is 34.5 Å². The van der Waals surface area contributed by atoms with E-state index in [4.69, 9.17) is 30.6 Å². The molecule has 13 heteroatoms. The fourth-order valence-corrected chi connectivity index (χ4v) is 2.08. The van der Waals surface area contributed by atoms with Gasteiger partial charge in [0.2, 0.25) is 0 Å². The van der Waals surface area contributed by atoms with E-state index in [1.165, 1.54) is 18.2 Å². The second-order valence-corrected chi connectivity index (χ2v) is 5.88. The van der Waals surface area contributed by atoms with Crippen LogP contribution in [0.1, 0.15) is 31.1 Å². The average Bonchev–Trinajstić information content (AvgIpc) is 2.74. The first-order chi connectivity index (χ1) is 15.4. The number of rotatable bonds is 3. The molecule has 0 spiro atoms. The quantitative estimate of drug-likeness (QED) is 0.204. The molecular weight excluding hydrogens is 653 g/mol. The second kappa shape index (κ2) is 13.3. The Bertz CT molecular complexity index is 1030. The third kappa shape index (κ3) is 8.02. The Morgan fingerprint density at radius 3 is 0.853 bits per heavy atom. The zero-order valence-electron chi connectivity index (χ0n) is 16.8. The number of hydrogen-bond acceptors (Lipinski definition) is 9. The van der Waals surface area contributed by atoms with Crippen molar-refractivity contribution in [1.29, 1.82) is 0 Å². The standard InChI is InChI=1S/3C7H6O4.Bi/c3*8-5-3-1-2-4(6(5)9)7(10)11;/h3*1-3,8-9H,(H,10,11);/q;;;+3/p-3. The molecule has 0 amide bonds. The first-order valence-electron chi connectivity index (χ1n) is 8.55. The molecule has 0 atom stereocenters. The predicted molar refractivity (Wildman–Crippen MR) is 109 cm³/mol.